The zero-order valence-corrected chi connectivity index (χ0v) is 13.7. The van der Waals surface area contributed by atoms with Crippen molar-refractivity contribution in [1.29, 1.82) is 0 Å². The first-order chi connectivity index (χ1) is 10.6. The molecule has 2 aromatic rings. The summed E-state index contributed by atoms with van der Waals surface area (Å²) in [6, 6.07) is 7.41. The third kappa shape index (κ3) is 2.73. The van der Waals surface area contributed by atoms with Gasteiger partial charge in [0.15, 0.2) is 0 Å². The maximum Gasteiger partial charge on any atom is 0.257 e. The Balaban J connectivity index is 1.72. The maximum absolute atomic E-state index is 12.7. The van der Waals surface area contributed by atoms with Gasteiger partial charge < -0.3 is 9.64 Å². The smallest absolute Gasteiger partial charge is 0.257 e. The van der Waals surface area contributed by atoms with E-state index < -0.39 is 0 Å². The van der Waals surface area contributed by atoms with Gasteiger partial charge in [-0.2, -0.15) is 0 Å². The number of ether oxygens (including phenoxy) is 1. The highest BCUT2D eigenvalue weighted by Crippen LogP contribution is 2.36. The number of methoxy groups -OCH3 is 1. The number of rotatable bonds is 3. The Hall–Kier alpha value is -1.88. The van der Waals surface area contributed by atoms with Gasteiger partial charge in [-0.3, -0.25) is 4.79 Å². The van der Waals surface area contributed by atoms with Crippen LogP contribution < -0.4 is 4.74 Å². The quantitative estimate of drug-likeness (QED) is 0.872. The zero-order valence-electron chi connectivity index (χ0n) is 12.9. The number of nitrogens with zero attached hydrogens (tertiary/aromatic N) is 2. The molecule has 0 bridgehead atoms. The van der Waals surface area contributed by atoms with Crippen LogP contribution in [0.4, 0.5) is 0 Å². The van der Waals surface area contributed by atoms with Crippen LogP contribution in [0, 0.1) is 0 Å². The summed E-state index contributed by atoms with van der Waals surface area (Å²) in [7, 11) is 1.60. The molecular weight excluding hydrogens is 296 g/mol. The molecule has 1 saturated heterocycles. The summed E-state index contributed by atoms with van der Waals surface area (Å²) < 4.78 is 5.30. The lowest BCUT2D eigenvalue weighted by molar-refractivity contribution is 0.0672. The minimum atomic E-state index is 0.0543. The van der Waals surface area contributed by atoms with E-state index in [1.807, 2.05) is 40.7 Å². The van der Waals surface area contributed by atoms with Gasteiger partial charge in [0, 0.05) is 30.1 Å². The Morgan fingerprint density at radius 3 is 2.68 bits per heavy atom. The molecule has 22 heavy (non-hydrogen) atoms. The summed E-state index contributed by atoms with van der Waals surface area (Å²) in [6.07, 6.45) is 3.75. The number of para-hydroxylation sites is 1. The Labute approximate surface area is 134 Å². The summed E-state index contributed by atoms with van der Waals surface area (Å²) in [4.78, 5) is 19.1. The van der Waals surface area contributed by atoms with Crippen molar-refractivity contribution in [1.82, 2.24) is 9.88 Å². The van der Waals surface area contributed by atoms with Crippen molar-refractivity contribution in [3.05, 3.63) is 46.4 Å². The Morgan fingerprint density at radius 1 is 1.32 bits per heavy atom. The normalized spacial score (nSPS) is 17.3. The molecule has 0 radical (unpaired) electrons. The second-order valence-corrected chi connectivity index (χ2v) is 6.78. The van der Waals surface area contributed by atoms with E-state index in [2.05, 4.69) is 11.9 Å². The maximum atomic E-state index is 12.7. The molecule has 1 aromatic carbocycles. The highest BCUT2D eigenvalue weighted by atomic mass is 32.1. The van der Waals surface area contributed by atoms with Crippen LogP contribution in [0.5, 0.6) is 5.75 Å². The molecule has 1 amide bonds. The molecule has 0 N–H and O–H groups in total. The Bertz CT molecular complexity index is 646. The van der Waals surface area contributed by atoms with Crippen LogP contribution in [0.25, 0.3) is 0 Å². The van der Waals surface area contributed by atoms with Gasteiger partial charge in [-0.25, -0.2) is 4.98 Å². The van der Waals surface area contributed by atoms with Gasteiger partial charge in [0.2, 0.25) is 0 Å². The van der Waals surface area contributed by atoms with Crippen LogP contribution in [0.15, 0.2) is 35.8 Å². The molecule has 116 valence electrons. The SMILES string of the molecule is COc1ccccc1C(=O)N1CCC(C)(c2nccs2)CC1. The van der Waals surface area contributed by atoms with E-state index in [1.54, 1.807) is 18.4 Å². The number of amides is 1. The monoisotopic (exact) mass is 316 g/mol. The van der Waals surface area contributed by atoms with Gasteiger partial charge in [-0.05, 0) is 25.0 Å². The van der Waals surface area contributed by atoms with E-state index in [0.717, 1.165) is 25.9 Å². The molecule has 2 heterocycles. The number of hydrogen-bond donors (Lipinski definition) is 0. The summed E-state index contributed by atoms with van der Waals surface area (Å²) in [5.74, 6) is 0.694. The first-order valence-electron chi connectivity index (χ1n) is 7.46. The van der Waals surface area contributed by atoms with Crippen molar-refractivity contribution in [3.63, 3.8) is 0 Å². The first-order valence-corrected chi connectivity index (χ1v) is 8.34. The van der Waals surface area contributed by atoms with E-state index in [1.165, 1.54) is 5.01 Å². The topological polar surface area (TPSA) is 42.4 Å². The van der Waals surface area contributed by atoms with Crippen LogP contribution in [0.1, 0.15) is 35.1 Å². The lowest BCUT2D eigenvalue weighted by Gasteiger charge is -2.38. The van der Waals surface area contributed by atoms with Crippen LogP contribution in [0.3, 0.4) is 0 Å². The molecule has 5 heteroatoms. The predicted molar refractivity (Wildman–Crippen MR) is 87.6 cm³/mol. The third-order valence-corrected chi connectivity index (χ3v) is 5.52. The fourth-order valence-electron chi connectivity index (χ4n) is 2.93. The highest BCUT2D eigenvalue weighted by molar-refractivity contribution is 7.09. The van der Waals surface area contributed by atoms with Gasteiger partial charge in [0.1, 0.15) is 5.75 Å². The molecule has 1 aliphatic heterocycles. The fraction of sp³-hybridized carbons (Fsp3) is 0.412. The number of thiazole rings is 1. The zero-order chi connectivity index (χ0) is 15.6. The largest absolute Gasteiger partial charge is 0.496 e. The summed E-state index contributed by atoms with van der Waals surface area (Å²) >= 11 is 1.71. The van der Waals surface area contributed by atoms with Crippen molar-refractivity contribution in [3.8, 4) is 5.75 Å². The van der Waals surface area contributed by atoms with Crippen molar-refractivity contribution in [2.45, 2.75) is 25.2 Å². The number of benzene rings is 1. The molecule has 1 aromatic heterocycles. The summed E-state index contributed by atoms with van der Waals surface area (Å²) in [6.45, 7) is 3.76. The van der Waals surface area contributed by atoms with Crippen molar-refractivity contribution in [2.24, 2.45) is 0 Å². The predicted octanol–water partition coefficient (Wildman–Crippen LogP) is 3.35. The van der Waals surface area contributed by atoms with Gasteiger partial charge in [-0.15, -0.1) is 11.3 Å². The Kier molecular flexibility index (Phi) is 4.16. The van der Waals surface area contributed by atoms with Crippen molar-refractivity contribution in [2.75, 3.05) is 20.2 Å². The number of likely N-dealkylation sites (tertiary alicyclic amines) is 1. The van der Waals surface area contributed by atoms with E-state index in [9.17, 15) is 4.79 Å². The van der Waals surface area contributed by atoms with Crippen LogP contribution in [0.2, 0.25) is 0 Å². The number of piperidine rings is 1. The summed E-state index contributed by atoms with van der Waals surface area (Å²) in [5, 5.41) is 3.20. The van der Waals surface area contributed by atoms with Crippen molar-refractivity contribution >= 4 is 17.2 Å². The molecule has 1 aliphatic rings. The fourth-order valence-corrected chi connectivity index (χ4v) is 3.79. The molecule has 4 nitrogen and oxygen atoms in total. The number of aromatic nitrogens is 1. The van der Waals surface area contributed by atoms with E-state index in [4.69, 9.17) is 4.74 Å². The molecule has 0 atom stereocenters. The van der Waals surface area contributed by atoms with Gasteiger partial charge >= 0.3 is 0 Å². The average Bonchev–Trinajstić information content (AvgIpc) is 3.10. The van der Waals surface area contributed by atoms with Gasteiger partial charge in [0.05, 0.1) is 17.7 Å². The van der Waals surface area contributed by atoms with Crippen LogP contribution in [-0.4, -0.2) is 36.0 Å². The van der Waals surface area contributed by atoms with Crippen LogP contribution >= 0.6 is 11.3 Å². The van der Waals surface area contributed by atoms with Crippen LogP contribution in [-0.2, 0) is 5.41 Å². The molecule has 1 fully saturated rings. The number of carbonyl (C=O) groups is 1. The standard InChI is InChI=1S/C17H20N2O2S/c1-17(16-18-9-12-22-16)7-10-19(11-8-17)15(20)13-5-3-4-6-14(13)21-2/h3-6,9,12H,7-8,10-11H2,1-2H3. The molecule has 0 saturated carbocycles. The number of carbonyl (C=O) groups excluding carboxylic acids is 1. The molecular formula is C17H20N2O2S. The second kappa shape index (κ2) is 6.08. The second-order valence-electron chi connectivity index (χ2n) is 5.89. The molecule has 0 unspecified atom stereocenters. The lowest BCUT2D eigenvalue weighted by Crippen LogP contribution is -2.44. The minimum absolute atomic E-state index is 0.0543. The first kappa shape index (κ1) is 15.0. The van der Waals surface area contributed by atoms with Crippen molar-refractivity contribution < 1.29 is 9.53 Å². The minimum Gasteiger partial charge on any atom is -0.496 e. The lowest BCUT2D eigenvalue weighted by atomic mass is 9.81. The van der Waals surface area contributed by atoms with E-state index in [0.29, 0.717) is 11.3 Å². The van der Waals surface area contributed by atoms with Gasteiger partial charge in [-0.1, -0.05) is 19.1 Å². The number of hydrogen-bond acceptors (Lipinski definition) is 4. The van der Waals surface area contributed by atoms with E-state index in [-0.39, 0.29) is 11.3 Å². The summed E-state index contributed by atoms with van der Waals surface area (Å²) in [5.41, 5.74) is 0.731. The van der Waals surface area contributed by atoms with Gasteiger partial charge in [0.25, 0.3) is 5.91 Å². The average molecular weight is 316 g/mol. The molecule has 3 rings (SSSR count). The molecule has 0 aliphatic carbocycles. The molecule has 0 spiro atoms. The highest BCUT2D eigenvalue weighted by Gasteiger charge is 2.35. The van der Waals surface area contributed by atoms with E-state index >= 15 is 0 Å². The Morgan fingerprint density at radius 2 is 2.05 bits per heavy atom. The third-order valence-electron chi connectivity index (χ3n) is 4.44.